The van der Waals surface area contributed by atoms with Gasteiger partial charge in [0, 0.05) is 36.7 Å². The molecule has 0 aliphatic heterocycles. The highest BCUT2D eigenvalue weighted by Gasteiger charge is 2.32. The van der Waals surface area contributed by atoms with Gasteiger partial charge >= 0.3 is 0 Å². The summed E-state index contributed by atoms with van der Waals surface area (Å²) in [5.74, 6) is -1.21. The highest BCUT2D eigenvalue weighted by molar-refractivity contribution is 5.85. The first kappa shape index (κ1) is 17.9. The molecule has 0 spiro atoms. The predicted molar refractivity (Wildman–Crippen MR) is 80.1 cm³/mol. The van der Waals surface area contributed by atoms with Crippen molar-refractivity contribution in [1.29, 1.82) is 0 Å². The molecule has 0 saturated heterocycles. The highest BCUT2D eigenvalue weighted by atomic mass is 35.5. The Morgan fingerprint density at radius 1 is 1.43 bits per heavy atom. The first-order chi connectivity index (χ1) is 9.47. The minimum Gasteiger partial charge on any atom is -0.335 e. The molecule has 118 valence electrons. The third kappa shape index (κ3) is 5.25. The molecule has 1 unspecified atom stereocenters. The van der Waals surface area contributed by atoms with Gasteiger partial charge < -0.3 is 10.6 Å². The second kappa shape index (κ2) is 7.71. The number of rotatable bonds is 6. The van der Waals surface area contributed by atoms with Crippen molar-refractivity contribution in [3.63, 3.8) is 0 Å². The maximum Gasteiger partial charge on any atom is 0.223 e. The number of halogens is 3. The molecule has 0 heterocycles. The Labute approximate surface area is 129 Å². The van der Waals surface area contributed by atoms with Crippen molar-refractivity contribution in [2.24, 2.45) is 5.73 Å². The fourth-order valence-electron chi connectivity index (χ4n) is 2.14. The molecular formula is C15H21ClF2N2O. The quantitative estimate of drug-likeness (QED) is 0.876. The van der Waals surface area contributed by atoms with Crippen LogP contribution in [0.15, 0.2) is 18.2 Å². The molecule has 2 N–H and O–H groups in total. The fraction of sp³-hybridized carbons (Fsp3) is 0.533. The summed E-state index contributed by atoms with van der Waals surface area (Å²) in [4.78, 5) is 13.9. The Morgan fingerprint density at radius 2 is 2.10 bits per heavy atom. The van der Waals surface area contributed by atoms with E-state index in [1.807, 2.05) is 6.92 Å². The molecule has 3 nitrogen and oxygen atoms in total. The van der Waals surface area contributed by atoms with Crippen molar-refractivity contribution >= 4 is 18.3 Å². The Kier molecular flexibility index (Phi) is 6.55. The number of carbonyl (C=O) groups is 1. The van der Waals surface area contributed by atoms with E-state index in [9.17, 15) is 13.6 Å². The number of hydrogen-bond donors (Lipinski definition) is 1. The molecule has 2 rings (SSSR count). The van der Waals surface area contributed by atoms with Gasteiger partial charge in [-0.05, 0) is 32.3 Å². The maximum absolute atomic E-state index is 13.7. The smallest absolute Gasteiger partial charge is 0.223 e. The van der Waals surface area contributed by atoms with Crippen LogP contribution in [0.3, 0.4) is 0 Å². The molecule has 1 aromatic carbocycles. The number of nitrogens with two attached hydrogens (primary N) is 1. The first-order valence-electron chi connectivity index (χ1n) is 6.96. The van der Waals surface area contributed by atoms with Crippen LogP contribution in [0.2, 0.25) is 0 Å². The summed E-state index contributed by atoms with van der Waals surface area (Å²) in [5.41, 5.74) is 6.01. The van der Waals surface area contributed by atoms with E-state index < -0.39 is 11.6 Å². The summed E-state index contributed by atoms with van der Waals surface area (Å²) in [6.07, 6.45) is 2.89. The van der Waals surface area contributed by atoms with Crippen LogP contribution in [0.5, 0.6) is 0 Å². The molecule has 1 aliphatic rings. The van der Waals surface area contributed by atoms with E-state index in [0.29, 0.717) is 18.4 Å². The van der Waals surface area contributed by atoms with Gasteiger partial charge in [-0.2, -0.15) is 0 Å². The van der Waals surface area contributed by atoms with E-state index in [1.165, 1.54) is 12.1 Å². The topological polar surface area (TPSA) is 46.3 Å². The standard InChI is InChI=1S/C15H20F2N2O.ClH/c1-10(18)2-7-15(20)19(13-5-6-13)9-11-3-4-12(16)8-14(11)17;/h3-4,8,10,13H,2,5-7,9,18H2,1H3;1H. The normalized spacial score (nSPS) is 15.2. The van der Waals surface area contributed by atoms with Crippen LogP contribution in [0.1, 0.15) is 38.2 Å². The summed E-state index contributed by atoms with van der Waals surface area (Å²) in [5, 5.41) is 0. The molecule has 1 aliphatic carbocycles. The van der Waals surface area contributed by atoms with Crippen molar-refractivity contribution in [3.8, 4) is 0 Å². The van der Waals surface area contributed by atoms with Gasteiger partial charge in [0.05, 0.1) is 0 Å². The van der Waals surface area contributed by atoms with Gasteiger partial charge in [-0.1, -0.05) is 6.07 Å². The van der Waals surface area contributed by atoms with E-state index >= 15 is 0 Å². The van der Waals surface area contributed by atoms with Crippen LogP contribution < -0.4 is 5.73 Å². The van der Waals surface area contributed by atoms with E-state index in [1.54, 1.807) is 4.90 Å². The van der Waals surface area contributed by atoms with Gasteiger partial charge in [0.1, 0.15) is 11.6 Å². The molecule has 6 heteroatoms. The summed E-state index contributed by atoms with van der Waals surface area (Å²) >= 11 is 0. The summed E-state index contributed by atoms with van der Waals surface area (Å²) in [6.45, 7) is 2.06. The summed E-state index contributed by atoms with van der Waals surface area (Å²) in [6, 6.07) is 3.64. The van der Waals surface area contributed by atoms with Crippen LogP contribution in [0.4, 0.5) is 8.78 Å². The third-order valence-corrected chi connectivity index (χ3v) is 3.48. The Balaban J connectivity index is 0.00000220. The third-order valence-electron chi connectivity index (χ3n) is 3.48. The van der Waals surface area contributed by atoms with Crippen molar-refractivity contribution in [1.82, 2.24) is 4.90 Å². The highest BCUT2D eigenvalue weighted by Crippen LogP contribution is 2.29. The number of amides is 1. The molecule has 1 aromatic rings. The number of nitrogens with zero attached hydrogens (tertiary/aromatic N) is 1. The lowest BCUT2D eigenvalue weighted by Gasteiger charge is -2.23. The lowest BCUT2D eigenvalue weighted by molar-refractivity contribution is -0.132. The molecule has 1 amide bonds. The Bertz CT molecular complexity index is 493. The van der Waals surface area contributed by atoms with Crippen LogP contribution in [-0.2, 0) is 11.3 Å². The van der Waals surface area contributed by atoms with Crippen LogP contribution in [-0.4, -0.2) is 22.9 Å². The largest absolute Gasteiger partial charge is 0.335 e. The lowest BCUT2D eigenvalue weighted by Crippen LogP contribution is -2.33. The fourth-order valence-corrected chi connectivity index (χ4v) is 2.14. The van der Waals surface area contributed by atoms with Crippen LogP contribution in [0.25, 0.3) is 0 Å². The zero-order valence-corrected chi connectivity index (χ0v) is 12.8. The zero-order chi connectivity index (χ0) is 14.7. The van der Waals surface area contributed by atoms with Crippen molar-refractivity contribution < 1.29 is 13.6 Å². The van der Waals surface area contributed by atoms with Crippen molar-refractivity contribution in [3.05, 3.63) is 35.4 Å². The molecule has 0 aromatic heterocycles. The van der Waals surface area contributed by atoms with Gasteiger partial charge in [0.15, 0.2) is 0 Å². The molecule has 0 radical (unpaired) electrons. The molecular weight excluding hydrogens is 298 g/mol. The minimum atomic E-state index is -0.604. The van der Waals surface area contributed by atoms with E-state index in [2.05, 4.69) is 0 Å². The molecule has 1 saturated carbocycles. The van der Waals surface area contributed by atoms with Gasteiger partial charge in [-0.25, -0.2) is 8.78 Å². The molecule has 1 fully saturated rings. The maximum atomic E-state index is 13.7. The zero-order valence-electron chi connectivity index (χ0n) is 12.0. The monoisotopic (exact) mass is 318 g/mol. The number of benzene rings is 1. The van der Waals surface area contributed by atoms with E-state index in [0.717, 1.165) is 18.9 Å². The van der Waals surface area contributed by atoms with Gasteiger partial charge in [-0.3, -0.25) is 4.79 Å². The minimum absolute atomic E-state index is 0. The van der Waals surface area contributed by atoms with Gasteiger partial charge in [0.2, 0.25) is 5.91 Å². The molecule has 0 bridgehead atoms. The Morgan fingerprint density at radius 3 is 2.62 bits per heavy atom. The second-order valence-corrected chi connectivity index (χ2v) is 5.50. The molecule has 1 atom stereocenters. The van der Waals surface area contributed by atoms with Crippen LogP contribution in [0, 0.1) is 11.6 Å². The summed E-state index contributed by atoms with van der Waals surface area (Å²) in [7, 11) is 0. The number of carbonyl (C=O) groups excluding carboxylic acids is 1. The lowest BCUT2D eigenvalue weighted by atomic mass is 10.1. The van der Waals surface area contributed by atoms with Crippen molar-refractivity contribution in [2.75, 3.05) is 0 Å². The summed E-state index contributed by atoms with van der Waals surface area (Å²) < 4.78 is 26.6. The molecule has 21 heavy (non-hydrogen) atoms. The van der Waals surface area contributed by atoms with Crippen molar-refractivity contribution in [2.45, 2.75) is 51.2 Å². The van der Waals surface area contributed by atoms with Gasteiger partial charge in [-0.15, -0.1) is 12.4 Å². The first-order valence-corrected chi connectivity index (χ1v) is 6.96. The Hall–Kier alpha value is -1.20. The SMILES string of the molecule is CC(N)CCC(=O)N(Cc1ccc(F)cc1F)C1CC1.Cl. The predicted octanol–water partition coefficient (Wildman–Crippen LogP) is 3.01. The van der Waals surface area contributed by atoms with Crippen LogP contribution >= 0.6 is 12.4 Å². The second-order valence-electron chi connectivity index (χ2n) is 5.50. The number of hydrogen-bond acceptors (Lipinski definition) is 2. The van der Waals surface area contributed by atoms with Gasteiger partial charge in [0.25, 0.3) is 0 Å². The van der Waals surface area contributed by atoms with E-state index in [-0.39, 0.29) is 36.9 Å². The van der Waals surface area contributed by atoms with E-state index in [4.69, 9.17) is 5.73 Å². The average Bonchev–Trinajstić information content (AvgIpc) is 3.19. The average molecular weight is 319 g/mol.